The van der Waals surface area contributed by atoms with Crippen LogP contribution in [0.2, 0.25) is 0 Å². The molecule has 0 N–H and O–H groups in total. The van der Waals surface area contributed by atoms with E-state index in [4.69, 9.17) is 0 Å². The van der Waals surface area contributed by atoms with Crippen molar-refractivity contribution in [3.8, 4) is 16.9 Å². The van der Waals surface area contributed by atoms with Crippen molar-refractivity contribution in [3.05, 3.63) is 66.4 Å². The van der Waals surface area contributed by atoms with Crippen molar-refractivity contribution >= 4 is 27.5 Å². The smallest absolute Gasteiger partial charge is 0.235 e. The van der Waals surface area contributed by atoms with Crippen molar-refractivity contribution in [3.63, 3.8) is 0 Å². The lowest BCUT2D eigenvalue weighted by Crippen LogP contribution is -2.41. The summed E-state index contributed by atoms with van der Waals surface area (Å²) >= 11 is 1.40. The normalized spacial score (nSPS) is 18.2. The Morgan fingerprint density at radius 2 is 1.76 bits per heavy atom. The number of hydrogen-bond acceptors (Lipinski definition) is 5. The van der Waals surface area contributed by atoms with Gasteiger partial charge >= 0.3 is 0 Å². The van der Waals surface area contributed by atoms with E-state index in [-0.39, 0.29) is 23.5 Å². The Labute approximate surface area is 206 Å². The number of aromatic nitrogens is 2. The molecule has 0 bridgehead atoms. The summed E-state index contributed by atoms with van der Waals surface area (Å²) in [6.07, 6.45) is 2.34. The Balaban J connectivity index is 1.64. The van der Waals surface area contributed by atoms with Crippen LogP contribution in [0.25, 0.3) is 16.9 Å². The van der Waals surface area contributed by atoms with Crippen molar-refractivity contribution in [2.24, 2.45) is 0 Å². The third kappa shape index (κ3) is 5.23. The summed E-state index contributed by atoms with van der Waals surface area (Å²) in [6.45, 7) is 6.20. The molecule has 0 aliphatic carbocycles. The number of hydrogen-bond donors (Lipinski definition) is 0. The molecule has 8 heteroatoms. The summed E-state index contributed by atoms with van der Waals surface area (Å²) < 4.78 is 25.8. The molecule has 0 spiro atoms. The van der Waals surface area contributed by atoms with E-state index in [1.54, 1.807) is 11.9 Å². The number of nitrogens with zero attached hydrogens (tertiary/aromatic N) is 3. The number of carbonyl (C=O) groups is 1. The first-order chi connectivity index (χ1) is 16.2. The summed E-state index contributed by atoms with van der Waals surface area (Å²) in [5.41, 5.74) is 4.24. The lowest BCUT2D eigenvalue weighted by Gasteiger charge is -2.26. The predicted octanol–water partition coefficient (Wildman–Crippen LogP) is 4.79. The second kappa shape index (κ2) is 9.96. The molecular weight excluding hydrogens is 466 g/mol. The van der Waals surface area contributed by atoms with Gasteiger partial charge in [-0.15, -0.1) is 0 Å². The van der Waals surface area contributed by atoms with E-state index in [1.807, 2.05) is 43.5 Å². The lowest BCUT2D eigenvalue weighted by molar-refractivity contribution is -0.130. The molecule has 2 atom stereocenters. The molecule has 1 aliphatic rings. The maximum absolute atomic E-state index is 13.2. The molecule has 1 saturated heterocycles. The van der Waals surface area contributed by atoms with Gasteiger partial charge in [-0.05, 0) is 37.0 Å². The van der Waals surface area contributed by atoms with E-state index in [9.17, 15) is 13.2 Å². The zero-order chi connectivity index (χ0) is 24.5. The number of amides is 1. The van der Waals surface area contributed by atoms with Gasteiger partial charge in [-0.3, -0.25) is 9.36 Å². The summed E-state index contributed by atoms with van der Waals surface area (Å²) in [7, 11) is -1.35. The molecule has 180 valence electrons. The highest BCUT2D eigenvalue weighted by Gasteiger charge is 2.34. The van der Waals surface area contributed by atoms with Crippen molar-refractivity contribution in [1.29, 1.82) is 0 Å². The zero-order valence-electron chi connectivity index (χ0n) is 20.0. The topological polar surface area (TPSA) is 72.3 Å². The SMILES string of the molecule is CC(C)c1ccc(-n2c(-c3ccccc3)cnc2S[C@@H](C)C(=O)N(C)[C@H]2CCS(=O)(=O)C2)cc1. The van der Waals surface area contributed by atoms with Crippen LogP contribution in [0.1, 0.15) is 38.7 Å². The highest BCUT2D eigenvalue weighted by atomic mass is 32.2. The van der Waals surface area contributed by atoms with Gasteiger partial charge < -0.3 is 4.90 Å². The minimum absolute atomic E-state index is 0.0433. The quantitative estimate of drug-likeness (QED) is 0.439. The van der Waals surface area contributed by atoms with E-state index < -0.39 is 15.1 Å². The maximum atomic E-state index is 13.2. The van der Waals surface area contributed by atoms with Gasteiger partial charge in [-0.25, -0.2) is 13.4 Å². The maximum Gasteiger partial charge on any atom is 0.235 e. The fourth-order valence-corrected chi connectivity index (χ4v) is 7.02. The first kappa shape index (κ1) is 24.5. The summed E-state index contributed by atoms with van der Waals surface area (Å²) in [6, 6.07) is 18.3. The third-order valence-electron chi connectivity index (χ3n) is 6.35. The minimum atomic E-state index is -3.06. The van der Waals surface area contributed by atoms with E-state index in [0.29, 0.717) is 12.3 Å². The Bertz CT molecular complexity index is 1250. The third-order valence-corrected chi connectivity index (χ3v) is 9.16. The summed E-state index contributed by atoms with van der Waals surface area (Å²) in [5.74, 6) is 0.542. The van der Waals surface area contributed by atoms with E-state index in [1.165, 1.54) is 17.3 Å². The van der Waals surface area contributed by atoms with E-state index in [2.05, 4.69) is 47.7 Å². The molecule has 34 heavy (non-hydrogen) atoms. The highest BCUT2D eigenvalue weighted by Crippen LogP contribution is 2.33. The summed E-state index contributed by atoms with van der Waals surface area (Å²) in [4.78, 5) is 19.5. The van der Waals surface area contributed by atoms with Gasteiger partial charge in [-0.1, -0.05) is 68.1 Å². The molecule has 1 amide bonds. The first-order valence-electron chi connectivity index (χ1n) is 11.5. The van der Waals surface area contributed by atoms with Crippen molar-refractivity contribution in [2.45, 2.75) is 49.6 Å². The number of imidazole rings is 1. The molecule has 1 aliphatic heterocycles. The second-order valence-corrected chi connectivity index (χ2v) is 12.7. The molecule has 1 fully saturated rings. The fourth-order valence-electron chi connectivity index (χ4n) is 4.24. The Hall–Kier alpha value is -2.58. The van der Waals surface area contributed by atoms with Crippen LogP contribution in [0.3, 0.4) is 0 Å². The lowest BCUT2D eigenvalue weighted by atomic mass is 10.0. The molecule has 4 rings (SSSR count). The van der Waals surface area contributed by atoms with Crippen LogP contribution in [0, 0.1) is 0 Å². The Morgan fingerprint density at radius 3 is 2.35 bits per heavy atom. The molecule has 2 heterocycles. The van der Waals surface area contributed by atoms with Gasteiger partial charge in [0.25, 0.3) is 0 Å². The first-order valence-corrected chi connectivity index (χ1v) is 14.2. The Morgan fingerprint density at radius 1 is 1.09 bits per heavy atom. The largest absolute Gasteiger partial charge is 0.341 e. The van der Waals surface area contributed by atoms with Gasteiger partial charge in [0.1, 0.15) is 0 Å². The number of benzene rings is 2. The second-order valence-electron chi connectivity index (χ2n) is 9.14. The summed E-state index contributed by atoms with van der Waals surface area (Å²) in [5, 5.41) is 0.317. The standard InChI is InChI=1S/C26H31N3O3S2/c1-18(2)20-10-12-22(13-11-20)29-24(21-8-6-5-7-9-21)16-27-26(29)33-19(3)25(30)28(4)23-14-15-34(31,32)17-23/h5-13,16,18-19,23H,14-15,17H2,1-4H3/t19-,23-/m0/s1. The molecule has 6 nitrogen and oxygen atoms in total. The van der Waals surface area contributed by atoms with Crippen LogP contribution in [-0.4, -0.2) is 58.6 Å². The molecule has 0 radical (unpaired) electrons. The van der Waals surface area contributed by atoms with Gasteiger partial charge in [0.05, 0.1) is 28.6 Å². The molecule has 1 aromatic heterocycles. The average molecular weight is 498 g/mol. The molecule has 0 saturated carbocycles. The molecule has 0 unspecified atom stereocenters. The average Bonchev–Trinajstić information content (AvgIpc) is 3.41. The van der Waals surface area contributed by atoms with Crippen molar-refractivity contribution in [1.82, 2.24) is 14.5 Å². The zero-order valence-corrected chi connectivity index (χ0v) is 21.6. The number of thioether (sulfide) groups is 1. The minimum Gasteiger partial charge on any atom is -0.341 e. The van der Waals surface area contributed by atoms with Crippen molar-refractivity contribution in [2.75, 3.05) is 18.6 Å². The van der Waals surface area contributed by atoms with Crippen LogP contribution in [0.4, 0.5) is 0 Å². The number of rotatable bonds is 7. The van der Waals surface area contributed by atoms with Crippen LogP contribution in [0.5, 0.6) is 0 Å². The molecule has 2 aromatic carbocycles. The highest BCUT2D eigenvalue weighted by molar-refractivity contribution is 8.00. The number of carbonyl (C=O) groups excluding carboxylic acids is 1. The van der Waals surface area contributed by atoms with Crippen LogP contribution >= 0.6 is 11.8 Å². The van der Waals surface area contributed by atoms with Crippen LogP contribution in [0.15, 0.2) is 66.0 Å². The molecule has 3 aromatic rings. The monoisotopic (exact) mass is 497 g/mol. The Kier molecular flexibility index (Phi) is 7.19. The van der Waals surface area contributed by atoms with Gasteiger partial charge in [-0.2, -0.15) is 0 Å². The van der Waals surface area contributed by atoms with Crippen molar-refractivity contribution < 1.29 is 13.2 Å². The van der Waals surface area contributed by atoms with Gasteiger partial charge in [0.2, 0.25) is 5.91 Å². The van der Waals surface area contributed by atoms with Crippen LogP contribution in [-0.2, 0) is 14.6 Å². The van der Waals surface area contributed by atoms with E-state index >= 15 is 0 Å². The van der Waals surface area contributed by atoms with E-state index in [0.717, 1.165) is 22.1 Å². The van der Waals surface area contributed by atoms with Gasteiger partial charge in [0, 0.05) is 24.3 Å². The predicted molar refractivity (Wildman–Crippen MR) is 138 cm³/mol. The fraction of sp³-hybridized carbons (Fsp3) is 0.385. The molecular formula is C26H31N3O3S2. The van der Waals surface area contributed by atoms with Gasteiger partial charge in [0.15, 0.2) is 15.0 Å². The number of sulfone groups is 1. The van der Waals surface area contributed by atoms with Crippen LogP contribution < -0.4 is 0 Å².